The van der Waals surface area contributed by atoms with Crippen molar-refractivity contribution in [3.05, 3.63) is 22.5 Å². The zero-order valence-electron chi connectivity index (χ0n) is 15.2. The normalized spacial score (nSPS) is 31.1. The topological polar surface area (TPSA) is 74.3 Å². The standard InChI is InChI=1S/C20H23BrN4O2/c21-19-17-7-16(8-22)27-18(17)9-23-20(19)24-12-1-3-13(4-2-12)25-14-5-6-15(25)11-26-10-14/h7,9,12-15H,1-6,10-11H2,(H,23,24). The molecular weight excluding hydrogens is 408 g/mol. The van der Waals surface area contributed by atoms with Gasteiger partial charge in [0.25, 0.3) is 0 Å². The summed E-state index contributed by atoms with van der Waals surface area (Å²) in [4.78, 5) is 7.28. The number of aromatic nitrogens is 1. The molecule has 2 bridgehead atoms. The van der Waals surface area contributed by atoms with E-state index in [1.165, 1.54) is 25.7 Å². The van der Waals surface area contributed by atoms with Gasteiger partial charge in [0.15, 0.2) is 5.58 Å². The first-order chi connectivity index (χ1) is 13.2. The van der Waals surface area contributed by atoms with Crippen molar-refractivity contribution in [2.24, 2.45) is 0 Å². The number of halogens is 1. The molecule has 2 unspecified atom stereocenters. The van der Waals surface area contributed by atoms with E-state index in [0.717, 1.165) is 41.7 Å². The Morgan fingerprint density at radius 3 is 2.52 bits per heavy atom. The summed E-state index contributed by atoms with van der Waals surface area (Å²) in [5, 5.41) is 13.5. The molecule has 7 heteroatoms. The lowest BCUT2D eigenvalue weighted by Crippen LogP contribution is -2.52. The first-order valence-electron chi connectivity index (χ1n) is 9.83. The number of pyridine rings is 1. The number of furan rings is 1. The molecule has 5 rings (SSSR count). The molecule has 4 heterocycles. The molecule has 2 aromatic heterocycles. The molecule has 2 aliphatic heterocycles. The number of nitrogens with one attached hydrogen (secondary N) is 1. The number of hydrogen-bond donors (Lipinski definition) is 1. The van der Waals surface area contributed by atoms with Crippen LogP contribution in [-0.4, -0.2) is 47.3 Å². The van der Waals surface area contributed by atoms with Crippen LogP contribution >= 0.6 is 15.9 Å². The Hall–Kier alpha value is -1.62. The molecule has 0 radical (unpaired) electrons. The number of fused-ring (bicyclic) bond motifs is 3. The van der Waals surface area contributed by atoms with Crippen LogP contribution in [0.25, 0.3) is 11.0 Å². The van der Waals surface area contributed by atoms with Gasteiger partial charge < -0.3 is 14.5 Å². The highest BCUT2D eigenvalue weighted by Crippen LogP contribution is 2.37. The Kier molecular flexibility index (Phi) is 4.58. The van der Waals surface area contributed by atoms with Crippen molar-refractivity contribution in [2.45, 2.75) is 62.7 Å². The van der Waals surface area contributed by atoms with E-state index in [9.17, 15) is 0 Å². The van der Waals surface area contributed by atoms with Crippen molar-refractivity contribution >= 4 is 32.7 Å². The number of rotatable bonds is 3. The Morgan fingerprint density at radius 1 is 1.11 bits per heavy atom. The molecule has 0 amide bonds. The predicted molar refractivity (Wildman–Crippen MR) is 106 cm³/mol. The maximum atomic E-state index is 9.03. The summed E-state index contributed by atoms with van der Waals surface area (Å²) in [7, 11) is 0. The summed E-state index contributed by atoms with van der Waals surface area (Å²) >= 11 is 3.63. The summed E-state index contributed by atoms with van der Waals surface area (Å²) in [5.41, 5.74) is 0.635. The molecule has 0 aromatic carbocycles. The first kappa shape index (κ1) is 17.5. The maximum Gasteiger partial charge on any atom is 0.204 e. The van der Waals surface area contributed by atoms with Gasteiger partial charge in [-0.3, -0.25) is 4.90 Å². The number of anilines is 1. The van der Waals surface area contributed by atoms with E-state index < -0.39 is 0 Å². The molecule has 2 atom stereocenters. The Bertz CT molecular complexity index is 868. The van der Waals surface area contributed by atoms with Crippen molar-refractivity contribution in [2.75, 3.05) is 18.5 Å². The van der Waals surface area contributed by atoms with Gasteiger partial charge in [-0.15, -0.1) is 0 Å². The molecule has 3 aliphatic rings. The van der Waals surface area contributed by atoms with Gasteiger partial charge in [-0.1, -0.05) is 0 Å². The van der Waals surface area contributed by atoms with E-state index in [2.05, 4.69) is 31.1 Å². The molecule has 27 heavy (non-hydrogen) atoms. The predicted octanol–water partition coefficient (Wildman–Crippen LogP) is 4.05. The van der Waals surface area contributed by atoms with Gasteiger partial charge in [-0.25, -0.2) is 4.98 Å². The molecule has 1 aliphatic carbocycles. The second kappa shape index (κ2) is 7.08. The molecule has 0 spiro atoms. The molecule has 1 saturated carbocycles. The Morgan fingerprint density at radius 2 is 1.81 bits per heavy atom. The zero-order valence-corrected chi connectivity index (χ0v) is 16.7. The van der Waals surface area contributed by atoms with Gasteiger partial charge in [-0.2, -0.15) is 5.26 Å². The van der Waals surface area contributed by atoms with Gasteiger partial charge in [0.05, 0.1) is 23.9 Å². The van der Waals surface area contributed by atoms with Crippen LogP contribution in [0.3, 0.4) is 0 Å². The summed E-state index contributed by atoms with van der Waals surface area (Å²) in [6, 6.07) is 6.23. The second-order valence-corrected chi connectivity index (χ2v) is 8.73. The van der Waals surface area contributed by atoms with Crippen molar-refractivity contribution in [1.82, 2.24) is 9.88 Å². The van der Waals surface area contributed by atoms with Gasteiger partial charge in [0.2, 0.25) is 5.76 Å². The highest BCUT2D eigenvalue weighted by atomic mass is 79.9. The Balaban J connectivity index is 1.25. The number of morpholine rings is 1. The van der Waals surface area contributed by atoms with Crippen molar-refractivity contribution in [3.63, 3.8) is 0 Å². The highest BCUT2D eigenvalue weighted by Gasteiger charge is 2.42. The fraction of sp³-hybridized carbons (Fsp3) is 0.600. The highest BCUT2D eigenvalue weighted by molar-refractivity contribution is 9.10. The van der Waals surface area contributed by atoms with Gasteiger partial charge in [0, 0.05) is 35.6 Å². The van der Waals surface area contributed by atoms with E-state index in [1.54, 1.807) is 12.3 Å². The number of nitriles is 1. The minimum atomic E-state index is 0.310. The Labute approximate surface area is 167 Å². The summed E-state index contributed by atoms with van der Waals surface area (Å²) in [6.45, 7) is 1.84. The fourth-order valence-corrected chi connectivity index (χ4v) is 5.63. The molecule has 6 nitrogen and oxygen atoms in total. The number of nitrogens with zero attached hydrogens (tertiary/aromatic N) is 3. The van der Waals surface area contributed by atoms with Crippen LogP contribution in [0.2, 0.25) is 0 Å². The minimum absolute atomic E-state index is 0.310. The van der Waals surface area contributed by atoms with Crippen LogP contribution in [0, 0.1) is 11.3 Å². The molecule has 2 aromatic rings. The minimum Gasteiger partial charge on any atom is -0.444 e. The maximum absolute atomic E-state index is 9.03. The van der Waals surface area contributed by atoms with E-state index in [4.69, 9.17) is 14.4 Å². The van der Waals surface area contributed by atoms with Gasteiger partial charge >= 0.3 is 0 Å². The molecule has 1 N–H and O–H groups in total. The lowest BCUT2D eigenvalue weighted by Gasteiger charge is -2.43. The largest absolute Gasteiger partial charge is 0.444 e. The second-order valence-electron chi connectivity index (χ2n) is 7.94. The van der Waals surface area contributed by atoms with Gasteiger partial charge in [-0.05, 0) is 54.5 Å². The summed E-state index contributed by atoms with van der Waals surface area (Å²) in [5.74, 6) is 1.15. The van der Waals surface area contributed by atoms with E-state index in [0.29, 0.717) is 35.5 Å². The third kappa shape index (κ3) is 3.14. The third-order valence-corrected chi connectivity index (χ3v) is 7.19. The SMILES string of the molecule is N#Cc1cc2c(Br)c(NC3CCC(N4C5CCC4COC5)CC3)ncc2o1. The van der Waals surface area contributed by atoms with Crippen LogP contribution in [0.5, 0.6) is 0 Å². The smallest absolute Gasteiger partial charge is 0.204 e. The number of hydrogen-bond acceptors (Lipinski definition) is 6. The van der Waals surface area contributed by atoms with Crippen molar-refractivity contribution in [3.8, 4) is 6.07 Å². The van der Waals surface area contributed by atoms with Crippen LogP contribution in [0.15, 0.2) is 21.2 Å². The van der Waals surface area contributed by atoms with Gasteiger partial charge in [0.1, 0.15) is 11.9 Å². The molecular formula is C20H23BrN4O2. The molecule has 2 saturated heterocycles. The van der Waals surface area contributed by atoms with Crippen LogP contribution < -0.4 is 5.32 Å². The lowest BCUT2D eigenvalue weighted by atomic mass is 9.89. The van der Waals surface area contributed by atoms with Crippen LogP contribution in [-0.2, 0) is 4.74 Å². The lowest BCUT2D eigenvalue weighted by molar-refractivity contribution is -0.0437. The monoisotopic (exact) mass is 430 g/mol. The van der Waals surface area contributed by atoms with Crippen molar-refractivity contribution in [1.29, 1.82) is 5.26 Å². The van der Waals surface area contributed by atoms with E-state index in [-0.39, 0.29) is 0 Å². The van der Waals surface area contributed by atoms with Crippen molar-refractivity contribution < 1.29 is 9.15 Å². The number of ether oxygens (including phenoxy) is 1. The quantitative estimate of drug-likeness (QED) is 0.791. The average molecular weight is 431 g/mol. The average Bonchev–Trinajstić information content (AvgIpc) is 3.23. The summed E-state index contributed by atoms with van der Waals surface area (Å²) < 4.78 is 12.1. The summed E-state index contributed by atoms with van der Waals surface area (Å²) in [6.07, 6.45) is 9.07. The zero-order chi connectivity index (χ0) is 18.4. The fourth-order valence-electron chi connectivity index (χ4n) is 5.10. The van der Waals surface area contributed by atoms with Crippen LogP contribution in [0.4, 0.5) is 5.82 Å². The first-order valence-corrected chi connectivity index (χ1v) is 10.6. The molecule has 3 fully saturated rings. The van der Waals surface area contributed by atoms with E-state index >= 15 is 0 Å². The molecule has 142 valence electrons. The van der Waals surface area contributed by atoms with E-state index in [1.807, 2.05) is 6.07 Å². The van der Waals surface area contributed by atoms with Crippen LogP contribution in [0.1, 0.15) is 44.3 Å². The third-order valence-electron chi connectivity index (χ3n) is 6.38.